The largest absolute Gasteiger partial charge is 0.348 e. The van der Waals surface area contributed by atoms with E-state index >= 15 is 0 Å². The Labute approximate surface area is 158 Å². The number of nitrogens with zero attached hydrogens (tertiary/aromatic N) is 3. The van der Waals surface area contributed by atoms with Crippen molar-refractivity contribution >= 4 is 15.7 Å². The molecule has 0 atom stereocenters. The highest BCUT2D eigenvalue weighted by molar-refractivity contribution is 7.90. The van der Waals surface area contributed by atoms with Crippen LogP contribution in [-0.2, 0) is 22.9 Å². The normalized spacial score (nSPS) is 11.3. The summed E-state index contributed by atoms with van der Waals surface area (Å²) in [6.07, 6.45) is 4.25. The van der Waals surface area contributed by atoms with E-state index in [-0.39, 0.29) is 10.8 Å². The third kappa shape index (κ3) is 4.79. The first-order valence-corrected chi connectivity index (χ1v) is 10.2. The van der Waals surface area contributed by atoms with Crippen LogP contribution in [0.25, 0.3) is 0 Å². The Morgan fingerprint density at radius 3 is 2.63 bits per heavy atom. The summed E-state index contributed by atoms with van der Waals surface area (Å²) < 4.78 is 25.2. The summed E-state index contributed by atoms with van der Waals surface area (Å²) in [5.41, 5.74) is 3.07. The summed E-state index contributed by atoms with van der Waals surface area (Å²) in [7, 11) is -3.37. The Balaban J connectivity index is 1.71. The number of nitrogens with one attached hydrogen (secondary N) is 1. The zero-order chi connectivity index (χ0) is 19.4. The monoisotopic (exact) mass is 384 g/mol. The number of aryl methyl sites for hydroxylation is 1. The van der Waals surface area contributed by atoms with Crippen LogP contribution >= 0.6 is 0 Å². The second-order valence-electron chi connectivity index (χ2n) is 6.34. The van der Waals surface area contributed by atoms with Crippen LogP contribution in [0.2, 0.25) is 0 Å². The van der Waals surface area contributed by atoms with E-state index in [1.165, 1.54) is 18.5 Å². The predicted octanol–water partition coefficient (Wildman–Crippen LogP) is 1.97. The van der Waals surface area contributed by atoms with Gasteiger partial charge in [-0.1, -0.05) is 30.3 Å². The smallest absolute Gasteiger partial charge is 0.251 e. The van der Waals surface area contributed by atoms with Gasteiger partial charge in [0.1, 0.15) is 12.7 Å². The lowest BCUT2D eigenvalue weighted by atomic mass is 10.1. The van der Waals surface area contributed by atoms with Crippen LogP contribution in [0.15, 0.2) is 60.0 Å². The molecule has 0 aliphatic rings. The molecule has 1 N–H and O–H groups in total. The first-order valence-electron chi connectivity index (χ1n) is 8.32. The van der Waals surface area contributed by atoms with E-state index in [4.69, 9.17) is 0 Å². The van der Waals surface area contributed by atoms with E-state index < -0.39 is 9.84 Å². The van der Waals surface area contributed by atoms with Gasteiger partial charge in [-0.15, -0.1) is 0 Å². The van der Waals surface area contributed by atoms with E-state index in [1.54, 1.807) is 24.0 Å². The minimum atomic E-state index is -3.37. The van der Waals surface area contributed by atoms with E-state index in [0.29, 0.717) is 18.7 Å². The van der Waals surface area contributed by atoms with Crippen LogP contribution in [0, 0.1) is 6.92 Å². The van der Waals surface area contributed by atoms with E-state index in [1.807, 2.05) is 24.3 Å². The van der Waals surface area contributed by atoms with Crippen molar-refractivity contribution in [3.05, 3.63) is 77.4 Å². The second kappa shape index (κ2) is 7.71. The molecule has 0 aliphatic carbocycles. The lowest BCUT2D eigenvalue weighted by molar-refractivity contribution is 0.0950. The van der Waals surface area contributed by atoms with Gasteiger partial charge < -0.3 is 5.32 Å². The summed E-state index contributed by atoms with van der Waals surface area (Å²) >= 11 is 0. The van der Waals surface area contributed by atoms with Crippen LogP contribution in [0.4, 0.5) is 0 Å². The first kappa shape index (κ1) is 18.8. The van der Waals surface area contributed by atoms with Crippen LogP contribution in [0.1, 0.15) is 27.0 Å². The molecule has 8 heteroatoms. The molecule has 3 rings (SSSR count). The number of benzene rings is 2. The molecule has 1 amide bonds. The van der Waals surface area contributed by atoms with Gasteiger partial charge in [-0.25, -0.2) is 18.1 Å². The number of aromatic nitrogens is 3. The van der Waals surface area contributed by atoms with Crippen molar-refractivity contribution in [3.8, 4) is 0 Å². The van der Waals surface area contributed by atoms with Crippen LogP contribution in [0.5, 0.6) is 0 Å². The van der Waals surface area contributed by atoms with Gasteiger partial charge in [-0.3, -0.25) is 4.79 Å². The molecule has 1 aromatic heterocycles. The maximum atomic E-state index is 12.5. The van der Waals surface area contributed by atoms with Gasteiger partial charge in [0.05, 0.1) is 11.4 Å². The van der Waals surface area contributed by atoms with Crippen LogP contribution in [0.3, 0.4) is 0 Å². The Bertz CT molecular complexity index is 1060. The maximum Gasteiger partial charge on any atom is 0.251 e. The van der Waals surface area contributed by atoms with Crippen molar-refractivity contribution in [2.45, 2.75) is 24.9 Å². The fraction of sp³-hybridized carbons (Fsp3) is 0.211. The number of hydrogen-bond donors (Lipinski definition) is 1. The molecular weight excluding hydrogens is 364 g/mol. The quantitative estimate of drug-likeness (QED) is 0.701. The molecule has 0 spiro atoms. The lowest BCUT2D eigenvalue weighted by Crippen LogP contribution is -2.24. The molecule has 2 aromatic carbocycles. The second-order valence-corrected chi connectivity index (χ2v) is 8.36. The number of rotatable bonds is 6. The third-order valence-electron chi connectivity index (χ3n) is 4.14. The molecule has 0 aliphatic heterocycles. The summed E-state index contributed by atoms with van der Waals surface area (Å²) in [4.78, 5) is 16.6. The minimum absolute atomic E-state index is 0.132. The van der Waals surface area contributed by atoms with Crippen molar-refractivity contribution in [1.29, 1.82) is 0 Å². The molecule has 3 aromatic rings. The highest BCUT2D eigenvalue weighted by atomic mass is 32.2. The topological polar surface area (TPSA) is 94.0 Å². The van der Waals surface area contributed by atoms with E-state index in [0.717, 1.165) is 22.9 Å². The predicted molar refractivity (Wildman–Crippen MR) is 101 cm³/mol. The first-order chi connectivity index (χ1) is 12.8. The Morgan fingerprint density at radius 2 is 1.93 bits per heavy atom. The van der Waals surface area contributed by atoms with Crippen molar-refractivity contribution < 1.29 is 13.2 Å². The standard InChI is InChI=1S/C19H20N4O3S/c1-14-6-7-17(27(2,25)26)9-18(14)19(24)21-10-15-4-3-5-16(8-15)11-23-13-20-12-22-23/h3-9,12-13H,10-11H2,1-2H3,(H,21,24). The van der Waals surface area contributed by atoms with Crippen molar-refractivity contribution in [2.75, 3.05) is 6.26 Å². The summed E-state index contributed by atoms with van der Waals surface area (Å²) in [6, 6.07) is 12.4. The Hall–Kier alpha value is -3.00. The molecular formula is C19H20N4O3S. The molecule has 0 saturated carbocycles. The number of amides is 1. The Morgan fingerprint density at radius 1 is 1.15 bits per heavy atom. The summed E-state index contributed by atoms with van der Waals surface area (Å²) in [5, 5.41) is 6.93. The summed E-state index contributed by atoms with van der Waals surface area (Å²) in [6.45, 7) is 2.71. The average Bonchev–Trinajstić information content (AvgIpc) is 3.12. The van der Waals surface area contributed by atoms with Gasteiger partial charge in [0.2, 0.25) is 0 Å². The van der Waals surface area contributed by atoms with Gasteiger partial charge in [0.25, 0.3) is 5.91 Å². The van der Waals surface area contributed by atoms with Crippen molar-refractivity contribution in [2.24, 2.45) is 0 Å². The average molecular weight is 384 g/mol. The summed E-state index contributed by atoms with van der Waals surface area (Å²) in [5.74, 6) is -0.306. The maximum absolute atomic E-state index is 12.5. The van der Waals surface area contributed by atoms with Crippen LogP contribution in [-0.4, -0.2) is 35.3 Å². The highest BCUT2D eigenvalue weighted by Crippen LogP contribution is 2.16. The highest BCUT2D eigenvalue weighted by Gasteiger charge is 2.14. The molecule has 0 fully saturated rings. The molecule has 0 bridgehead atoms. The molecule has 0 saturated heterocycles. The Kier molecular flexibility index (Phi) is 5.36. The zero-order valence-corrected chi connectivity index (χ0v) is 15.9. The molecule has 0 unspecified atom stereocenters. The van der Waals surface area contributed by atoms with Gasteiger partial charge in [-0.05, 0) is 35.7 Å². The van der Waals surface area contributed by atoms with E-state index in [2.05, 4.69) is 15.4 Å². The lowest BCUT2D eigenvalue weighted by Gasteiger charge is -2.10. The van der Waals surface area contributed by atoms with Gasteiger partial charge in [-0.2, -0.15) is 5.10 Å². The van der Waals surface area contributed by atoms with Crippen molar-refractivity contribution in [1.82, 2.24) is 20.1 Å². The molecule has 0 radical (unpaired) electrons. The SMILES string of the molecule is Cc1ccc(S(C)(=O)=O)cc1C(=O)NCc1cccc(Cn2cncn2)c1. The van der Waals surface area contributed by atoms with Crippen molar-refractivity contribution in [3.63, 3.8) is 0 Å². The van der Waals surface area contributed by atoms with Gasteiger partial charge >= 0.3 is 0 Å². The number of sulfone groups is 1. The molecule has 27 heavy (non-hydrogen) atoms. The number of carbonyl (C=O) groups excluding carboxylic acids is 1. The third-order valence-corrected chi connectivity index (χ3v) is 5.25. The fourth-order valence-corrected chi connectivity index (χ4v) is 3.34. The minimum Gasteiger partial charge on any atom is -0.348 e. The number of hydrogen-bond acceptors (Lipinski definition) is 5. The van der Waals surface area contributed by atoms with E-state index in [9.17, 15) is 13.2 Å². The fourth-order valence-electron chi connectivity index (χ4n) is 2.69. The van der Waals surface area contributed by atoms with Gasteiger partial charge in [0.15, 0.2) is 9.84 Å². The number of carbonyl (C=O) groups is 1. The zero-order valence-electron chi connectivity index (χ0n) is 15.1. The molecule has 7 nitrogen and oxygen atoms in total. The van der Waals surface area contributed by atoms with Crippen LogP contribution < -0.4 is 5.32 Å². The molecule has 140 valence electrons. The molecule has 1 heterocycles. The van der Waals surface area contributed by atoms with Gasteiger partial charge in [0, 0.05) is 18.4 Å².